The number of nitrogens with two attached hydrogens (primary N) is 1. The lowest BCUT2D eigenvalue weighted by Gasteiger charge is -2.36. The first kappa shape index (κ1) is 18.9. The van der Waals surface area contributed by atoms with Gasteiger partial charge in [-0.25, -0.2) is 4.99 Å². The Balaban J connectivity index is 1.74. The minimum absolute atomic E-state index is 0.316. The molecule has 1 aromatic rings. The highest BCUT2D eigenvalue weighted by Gasteiger charge is 3.03. The SMILES string of the molecule is CCOC1(OCC)[NH+]=C(N)[C@@]2(C#N)C3(CCC(c4ccccc4)CC3)[C@@]12C#N. The Kier molecular flexibility index (Phi) is 4.26. The molecule has 1 aromatic carbocycles. The summed E-state index contributed by atoms with van der Waals surface area (Å²) in [7, 11) is 0. The van der Waals surface area contributed by atoms with Gasteiger partial charge in [0.15, 0.2) is 10.8 Å². The topological polar surface area (TPSA) is 106 Å². The number of fused-ring (bicyclic) bond motifs is 3. The third kappa shape index (κ3) is 1.85. The van der Waals surface area contributed by atoms with Crippen molar-refractivity contribution in [2.45, 2.75) is 51.4 Å². The van der Waals surface area contributed by atoms with Crippen LogP contribution >= 0.6 is 0 Å². The van der Waals surface area contributed by atoms with Crippen LogP contribution in [0.15, 0.2) is 30.3 Å². The van der Waals surface area contributed by atoms with E-state index in [0.717, 1.165) is 25.7 Å². The van der Waals surface area contributed by atoms with Crippen molar-refractivity contribution < 1.29 is 14.5 Å². The van der Waals surface area contributed by atoms with Gasteiger partial charge in [-0.2, -0.15) is 10.5 Å². The van der Waals surface area contributed by atoms with E-state index in [1.54, 1.807) is 0 Å². The molecular weight excluding hydrogens is 352 g/mol. The zero-order chi connectivity index (χ0) is 20.0. The molecule has 3 aliphatic rings. The smallest absolute Gasteiger partial charge is 0.314 e. The van der Waals surface area contributed by atoms with Gasteiger partial charge in [-0.15, -0.1) is 0 Å². The average Bonchev–Trinajstić information content (AvgIpc) is 3.15. The monoisotopic (exact) mass is 379 g/mol. The molecule has 2 saturated carbocycles. The van der Waals surface area contributed by atoms with Crippen LogP contribution in [0.5, 0.6) is 0 Å². The minimum atomic E-state index is -1.37. The van der Waals surface area contributed by atoms with Gasteiger partial charge in [0.05, 0.1) is 25.4 Å². The van der Waals surface area contributed by atoms with E-state index in [0.29, 0.717) is 25.0 Å². The number of nitriles is 2. The molecule has 1 heterocycles. The molecule has 2 aliphatic carbocycles. The van der Waals surface area contributed by atoms with Crippen LogP contribution in [0.25, 0.3) is 0 Å². The zero-order valence-corrected chi connectivity index (χ0v) is 16.5. The summed E-state index contributed by atoms with van der Waals surface area (Å²) in [5, 5.41) is 20.7. The van der Waals surface area contributed by atoms with Crippen molar-refractivity contribution in [2.75, 3.05) is 13.2 Å². The normalized spacial score (nSPS) is 37.6. The Morgan fingerprint density at radius 2 is 1.68 bits per heavy atom. The maximum Gasteiger partial charge on any atom is 0.343 e. The van der Waals surface area contributed by atoms with Crippen LogP contribution < -0.4 is 10.7 Å². The highest BCUT2D eigenvalue weighted by Crippen LogP contribution is 2.86. The van der Waals surface area contributed by atoms with Gasteiger partial charge in [-0.05, 0) is 51.0 Å². The van der Waals surface area contributed by atoms with Crippen molar-refractivity contribution in [2.24, 2.45) is 22.0 Å². The van der Waals surface area contributed by atoms with Gasteiger partial charge in [-0.3, -0.25) is 5.73 Å². The maximum absolute atomic E-state index is 10.4. The van der Waals surface area contributed by atoms with E-state index < -0.39 is 22.2 Å². The van der Waals surface area contributed by atoms with Crippen LogP contribution in [0.1, 0.15) is 51.0 Å². The molecule has 6 heteroatoms. The second kappa shape index (κ2) is 6.30. The summed E-state index contributed by atoms with van der Waals surface area (Å²) in [6, 6.07) is 15.4. The number of rotatable bonds is 5. The quantitative estimate of drug-likeness (QED) is 0.755. The Hall–Kier alpha value is -2.41. The van der Waals surface area contributed by atoms with Gasteiger partial charge in [0.2, 0.25) is 0 Å². The number of hydrogen-bond donors (Lipinski definition) is 2. The van der Waals surface area contributed by atoms with E-state index in [9.17, 15) is 10.5 Å². The van der Waals surface area contributed by atoms with Crippen LogP contribution in [-0.2, 0) is 9.47 Å². The lowest BCUT2D eigenvalue weighted by atomic mass is 9.71. The lowest BCUT2D eigenvalue weighted by Crippen LogP contribution is -2.91. The fraction of sp³-hybridized carbons (Fsp3) is 0.591. The number of hydrogen-bond acceptors (Lipinski definition) is 5. The maximum atomic E-state index is 10.4. The van der Waals surface area contributed by atoms with Crippen molar-refractivity contribution in [3.05, 3.63) is 35.9 Å². The predicted molar refractivity (Wildman–Crippen MR) is 102 cm³/mol. The third-order valence-electron chi connectivity index (χ3n) is 7.27. The second-order valence-corrected chi connectivity index (χ2v) is 8.01. The summed E-state index contributed by atoms with van der Waals surface area (Å²) < 4.78 is 12.0. The first-order valence-electron chi connectivity index (χ1n) is 10.1. The van der Waals surface area contributed by atoms with Crippen molar-refractivity contribution in [1.82, 2.24) is 0 Å². The van der Waals surface area contributed by atoms with Crippen LogP contribution in [0.2, 0.25) is 0 Å². The van der Waals surface area contributed by atoms with Crippen LogP contribution in [0.4, 0.5) is 0 Å². The molecule has 0 saturated heterocycles. The highest BCUT2D eigenvalue weighted by atomic mass is 16.7. The van der Waals surface area contributed by atoms with E-state index in [1.165, 1.54) is 5.56 Å². The molecule has 0 bridgehead atoms. The minimum Gasteiger partial charge on any atom is -0.314 e. The summed E-state index contributed by atoms with van der Waals surface area (Å²) in [5.41, 5.74) is 4.93. The summed E-state index contributed by atoms with van der Waals surface area (Å²) in [4.78, 5) is 3.07. The molecule has 6 nitrogen and oxygen atoms in total. The zero-order valence-electron chi connectivity index (χ0n) is 16.5. The van der Waals surface area contributed by atoms with E-state index in [1.807, 2.05) is 19.9 Å². The Labute approximate surface area is 166 Å². The average molecular weight is 379 g/mol. The second-order valence-electron chi connectivity index (χ2n) is 8.01. The molecule has 28 heavy (non-hydrogen) atoms. The number of nitrogens with zero attached hydrogens (tertiary/aromatic N) is 2. The van der Waals surface area contributed by atoms with E-state index in [-0.39, 0.29) is 0 Å². The molecule has 0 aromatic heterocycles. The van der Waals surface area contributed by atoms with Gasteiger partial charge < -0.3 is 9.47 Å². The summed E-state index contributed by atoms with van der Waals surface area (Å²) in [5.74, 6) is -0.621. The fourth-order valence-corrected chi connectivity index (χ4v) is 6.25. The number of amidine groups is 1. The van der Waals surface area contributed by atoms with Gasteiger partial charge in [-0.1, -0.05) is 30.3 Å². The van der Waals surface area contributed by atoms with E-state index >= 15 is 0 Å². The standard InChI is InChI=1S/C22H26N4O2/c1-3-27-22(28-4-2)21(15-24)19(20(21,14-23)18(25)26-22)12-10-17(11-13-19)16-8-6-5-7-9-16/h5-9,17H,3-4,10-13H2,1-2H3,(H2,25,26)/p+1/t17?,19?,20-,21+/m0/s1. The van der Waals surface area contributed by atoms with Crippen molar-refractivity contribution >= 4 is 5.84 Å². The van der Waals surface area contributed by atoms with Crippen LogP contribution in [0, 0.1) is 38.9 Å². The molecule has 3 N–H and O–H groups in total. The van der Waals surface area contributed by atoms with E-state index in [4.69, 9.17) is 15.2 Å². The highest BCUT2D eigenvalue weighted by molar-refractivity contribution is 5.95. The molecule has 146 valence electrons. The molecule has 0 radical (unpaired) electrons. The fourth-order valence-electron chi connectivity index (χ4n) is 6.25. The molecular formula is C22H27N4O2+. The van der Waals surface area contributed by atoms with Gasteiger partial charge in [0, 0.05) is 5.41 Å². The number of ether oxygens (including phenoxy) is 2. The molecule has 1 spiro atoms. The summed E-state index contributed by atoms with van der Waals surface area (Å²) in [6.45, 7) is 4.43. The number of nitrogens with one attached hydrogen (secondary N) is 1. The van der Waals surface area contributed by atoms with Crippen molar-refractivity contribution in [3.63, 3.8) is 0 Å². The predicted octanol–water partition coefficient (Wildman–Crippen LogP) is 1.54. The molecule has 0 amide bonds. The first-order valence-corrected chi connectivity index (χ1v) is 10.1. The van der Waals surface area contributed by atoms with Gasteiger partial charge >= 0.3 is 5.91 Å². The Bertz CT molecular complexity index is 870. The van der Waals surface area contributed by atoms with Gasteiger partial charge in [0.1, 0.15) is 0 Å². The summed E-state index contributed by atoms with van der Waals surface area (Å²) in [6.07, 6.45) is 3.33. The van der Waals surface area contributed by atoms with Crippen molar-refractivity contribution in [3.8, 4) is 12.1 Å². The third-order valence-corrected chi connectivity index (χ3v) is 7.27. The summed E-state index contributed by atoms with van der Waals surface area (Å²) >= 11 is 0. The molecule has 2 atom stereocenters. The largest absolute Gasteiger partial charge is 0.343 e. The van der Waals surface area contributed by atoms with Crippen LogP contribution in [0.3, 0.4) is 0 Å². The Morgan fingerprint density at radius 1 is 1.07 bits per heavy atom. The Morgan fingerprint density at radius 3 is 2.18 bits per heavy atom. The molecule has 4 rings (SSSR count). The lowest BCUT2D eigenvalue weighted by molar-refractivity contribution is -0.695. The first-order chi connectivity index (χ1) is 13.5. The van der Waals surface area contributed by atoms with Crippen molar-refractivity contribution in [1.29, 1.82) is 10.5 Å². The number of benzene rings is 1. The van der Waals surface area contributed by atoms with Gasteiger partial charge in [0.25, 0.3) is 5.84 Å². The van der Waals surface area contributed by atoms with Crippen LogP contribution in [-0.4, -0.2) is 25.0 Å². The molecule has 1 aliphatic heterocycles. The van der Waals surface area contributed by atoms with E-state index in [2.05, 4.69) is 41.4 Å². The molecule has 0 unspecified atom stereocenters. The molecule has 2 fully saturated rings.